The zero-order valence-corrected chi connectivity index (χ0v) is 10.1. The molecule has 1 fully saturated rings. The van der Waals surface area contributed by atoms with Crippen LogP contribution in [0, 0.1) is 0 Å². The molecule has 0 bridgehead atoms. The van der Waals surface area contributed by atoms with Crippen LogP contribution in [-0.4, -0.2) is 18.6 Å². The third-order valence-electron chi connectivity index (χ3n) is 3.47. The summed E-state index contributed by atoms with van der Waals surface area (Å²) in [6.45, 7) is 0. The molecule has 0 unspecified atom stereocenters. The van der Waals surface area contributed by atoms with E-state index in [1.54, 1.807) is 0 Å². The molecule has 90 valence electrons. The molecule has 1 aromatic rings. The third kappa shape index (κ3) is 1.51. The number of hydrogen-bond acceptors (Lipinski definition) is 3. The lowest BCUT2D eigenvalue weighted by Gasteiger charge is -2.27. The van der Waals surface area contributed by atoms with Crippen LogP contribution in [0.25, 0.3) is 6.08 Å². The quantitative estimate of drug-likeness (QED) is 0.515. The molecule has 1 aliphatic carbocycles. The van der Waals surface area contributed by atoms with Crippen LogP contribution in [0.2, 0.25) is 0 Å². The first-order chi connectivity index (χ1) is 8.68. The molecule has 0 radical (unpaired) electrons. The number of anilines is 1. The molecule has 3 rings (SSSR count). The molecule has 3 heteroatoms. The Morgan fingerprint density at radius 2 is 1.67 bits per heavy atom. The number of fused-ring (bicyclic) bond motifs is 1. The maximum atomic E-state index is 11.8. The molecule has 0 saturated heterocycles. The van der Waals surface area contributed by atoms with E-state index in [1.165, 1.54) is 0 Å². The van der Waals surface area contributed by atoms with Crippen molar-refractivity contribution in [3.05, 3.63) is 47.2 Å². The second-order valence-electron chi connectivity index (χ2n) is 4.56. The predicted molar refractivity (Wildman–Crippen MR) is 70.2 cm³/mol. The summed E-state index contributed by atoms with van der Waals surface area (Å²) in [6.07, 6.45) is 4.51. The number of benzene rings is 1. The van der Waals surface area contributed by atoms with Crippen molar-refractivity contribution in [2.24, 2.45) is 0 Å². The Morgan fingerprint density at radius 3 is 2.39 bits per heavy atom. The number of ketones is 2. The number of nitrogens with zero attached hydrogens (tertiary/aromatic N) is 1. The molecule has 0 N–H and O–H groups in total. The van der Waals surface area contributed by atoms with E-state index in [4.69, 9.17) is 0 Å². The number of carbonyl (C=O) groups excluding carboxylic acids is 2. The summed E-state index contributed by atoms with van der Waals surface area (Å²) >= 11 is 0. The summed E-state index contributed by atoms with van der Waals surface area (Å²) in [4.78, 5) is 25.5. The number of rotatable bonds is 0. The number of allylic oxidation sites excluding steroid dienone is 2. The Kier molecular flexibility index (Phi) is 2.40. The minimum Gasteiger partial charge on any atom is -0.343 e. The zero-order valence-electron chi connectivity index (χ0n) is 10.1. The minimum absolute atomic E-state index is 0.0362. The van der Waals surface area contributed by atoms with E-state index < -0.39 is 0 Å². The summed E-state index contributed by atoms with van der Waals surface area (Å²) in [7, 11) is 1.89. The molecule has 0 amide bonds. The molecule has 1 saturated carbocycles. The van der Waals surface area contributed by atoms with Crippen molar-refractivity contribution in [1.29, 1.82) is 0 Å². The lowest BCUT2D eigenvalue weighted by molar-refractivity contribution is -0.116. The van der Waals surface area contributed by atoms with E-state index in [1.807, 2.05) is 48.4 Å². The van der Waals surface area contributed by atoms with Crippen molar-refractivity contribution in [3.63, 3.8) is 0 Å². The summed E-state index contributed by atoms with van der Waals surface area (Å²) < 4.78 is 0. The fourth-order valence-electron chi connectivity index (χ4n) is 2.51. The van der Waals surface area contributed by atoms with Gasteiger partial charge in [-0.2, -0.15) is 0 Å². The topological polar surface area (TPSA) is 37.4 Å². The van der Waals surface area contributed by atoms with Crippen molar-refractivity contribution < 1.29 is 9.59 Å². The van der Waals surface area contributed by atoms with Gasteiger partial charge in [0, 0.05) is 25.6 Å². The Labute approximate surface area is 105 Å². The molecule has 0 spiro atoms. The first-order valence-corrected chi connectivity index (χ1v) is 6.00. The summed E-state index contributed by atoms with van der Waals surface area (Å²) in [5.74, 6) is -0.0724. The van der Waals surface area contributed by atoms with E-state index in [-0.39, 0.29) is 11.6 Å². The highest BCUT2D eigenvalue weighted by Gasteiger charge is 2.31. The maximum Gasteiger partial charge on any atom is 0.169 e. The first kappa shape index (κ1) is 11.0. The van der Waals surface area contributed by atoms with Crippen molar-refractivity contribution in [3.8, 4) is 0 Å². The molecule has 2 aliphatic rings. The number of likely N-dealkylation sites (N-methyl/N-ethyl adjacent to an activating group) is 1. The smallest absolute Gasteiger partial charge is 0.169 e. The van der Waals surface area contributed by atoms with Crippen molar-refractivity contribution in [2.45, 2.75) is 12.8 Å². The number of para-hydroxylation sites is 1. The van der Waals surface area contributed by atoms with Gasteiger partial charge in [0.1, 0.15) is 0 Å². The Bertz CT molecular complexity index is 593. The van der Waals surface area contributed by atoms with Crippen LogP contribution in [0.1, 0.15) is 18.4 Å². The summed E-state index contributed by atoms with van der Waals surface area (Å²) in [5.41, 5.74) is 3.21. The van der Waals surface area contributed by atoms with Gasteiger partial charge >= 0.3 is 0 Å². The maximum absolute atomic E-state index is 11.8. The summed E-state index contributed by atoms with van der Waals surface area (Å²) in [5, 5.41) is 0. The van der Waals surface area contributed by atoms with Gasteiger partial charge in [-0.05, 0) is 17.7 Å². The van der Waals surface area contributed by atoms with E-state index in [0.29, 0.717) is 18.4 Å². The lowest BCUT2D eigenvalue weighted by atomic mass is 10.0. The molecule has 18 heavy (non-hydrogen) atoms. The molecule has 0 aromatic heterocycles. The van der Waals surface area contributed by atoms with Gasteiger partial charge < -0.3 is 4.90 Å². The predicted octanol–water partition coefficient (Wildman–Crippen LogP) is 2.34. The molecular formula is C15H13NO2. The minimum atomic E-state index is -0.0362. The normalized spacial score (nSPS) is 18.6. The molecular weight excluding hydrogens is 226 g/mol. The van der Waals surface area contributed by atoms with Crippen LogP contribution in [0.4, 0.5) is 5.69 Å². The average Bonchev–Trinajstić information content (AvgIpc) is 2.71. The average molecular weight is 239 g/mol. The van der Waals surface area contributed by atoms with Gasteiger partial charge in [0.2, 0.25) is 0 Å². The second kappa shape index (κ2) is 3.95. The monoisotopic (exact) mass is 239 g/mol. The molecule has 1 heterocycles. The van der Waals surface area contributed by atoms with Crippen LogP contribution in [-0.2, 0) is 9.59 Å². The van der Waals surface area contributed by atoms with Crippen LogP contribution >= 0.6 is 0 Å². The van der Waals surface area contributed by atoms with Crippen molar-refractivity contribution in [1.82, 2.24) is 0 Å². The van der Waals surface area contributed by atoms with Gasteiger partial charge in [0.25, 0.3) is 0 Å². The number of Topliss-reactive ketones (excluding diaryl/α,β-unsaturated/α-hetero) is 2. The molecule has 0 atom stereocenters. The van der Waals surface area contributed by atoms with Gasteiger partial charge in [-0.3, -0.25) is 9.59 Å². The van der Waals surface area contributed by atoms with E-state index >= 15 is 0 Å². The van der Waals surface area contributed by atoms with Crippen LogP contribution in [0.3, 0.4) is 0 Å². The SMILES string of the molecule is CN1C(=C2C(=O)CCC2=O)C=Cc2ccccc21. The summed E-state index contributed by atoms with van der Waals surface area (Å²) in [6, 6.07) is 7.93. The van der Waals surface area contributed by atoms with Crippen LogP contribution in [0.5, 0.6) is 0 Å². The van der Waals surface area contributed by atoms with Crippen LogP contribution < -0.4 is 4.90 Å². The van der Waals surface area contributed by atoms with E-state index in [9.17, 15) is 9.59 Å². The Balaban J connectivity index is 2.16. The first-order valence-electron chi connectivity index (χ1n) is 6.00. The number of carbonyl (C=O) groups is 2. The van der Waals surface area contributed by atoms with Crippen molar-refractivity contribution >= 4 is 23.3 Å². The fourth-order valence-corrected chi connectivity index (χ4v) is 2.51. The van der Waals surface area contributed by atoms with Gasteiger partial charge in [-0.1, -0.05) is 24.3 Å². The van der Waals surface area contributed by atoms with Gasteiger partial charge in [-0.15, -0.1) is 0 Å². The molecule has 1 aromatic carbocycles. The second-order valence-corrected chi connectivity index (χ2v) is 4.56. The third-order valence-corrected chi connectivity index (χ3v) is 3.47. The van der Waals surface area contributed by atoms with Gasteiger partial charge in [0.15, 0.2) is 11.6 Å². The standard InChI is InChI=1S/C15H13NO2/c1-16-11-5-3-2-4-10(11)6-7-12(16)15-13(17)8-9-14(15)18/h2-7H,8-9H2,1H3. The highest BCUT2D eigenvalue weighted by atomic mass is 16.2. The number of hydrogen-bond donors (Lipinski definition) is 0. The lowest BCUT2D eigenvalue weighted by Crippen LogP contribution is -2.23. The highest BCUT2D eigenvalue weighted by molar-refractivity contribution is 6.26. The highest BCUT2D eigenvalue weighted by Crippen LogP contribution is 2.33. The van der Waals surface area contributed by atoms with E-state index in [2.05, 4.69) is 0 Å². The molecule has 3 nitrogen and oxygen atoms in total. The molecule has 1 aliphatic heterocycles. The zero-order chi connectivity index (χ0) is 12.7. The van der Waals surface area contributed by atoms with Crippen molar-refractivity contribution in [2.75, 3.05) is 11.9 Å². The largest absolute Gasteiger partial charge is 0.343 e. The Morgan fingerprint density at radius 1 is 1.00 bits per heavy atom. The fraction of sp³-hybridized carbons (Fsp3) is 0.200. The van der Waals surface area contributed by atoms with E-state index in [0.717, 1.165) is 16.9 Å². The van der Waals surface area contributed by atoms with Gasteiger partial charge in [0.05, 0.1) is 11.3 Å². The Hall–Kier alpha value is -2.16. The van der Waals surface area contributed by atoms with Crippen LogP contribution in [0.15, 0.2) is 41.6 Å². The van der Waals surface area contributed by atoms with Gasteiger partial charge in [-0.25, -0.2) is 0 Å².